The van der Waals surface area contributed by atoms with Crippen LogP contribution < -0.4 is 0 Å². The topological polar surface area (TPSA) is 59.0 Å². The number of carbonyl (C=O) groups is 2. The third-order valence-electron chi connectivity index (χ3n) is 5.71. The van der Waals surface area contributed by atoms with Gasteiger partial charge in [-0.2, -0.15) is 0 Å². The first-order valence-corrected chi connectivity index (χ1v) is 9.75. The summed E-state index contributed by atoms with van der Waals surface area (Å²) in [5.41, 5.74) is 3.16. The van der Waals surface area contributed by atoms with Gasteiger partial charge in [-0.25, -0.2) is 4.79 Å². The number of hydrogen-bond donors (Lipinski definition) is 0. The third kappa shape index (κ3) is 3.44. The molecule has 28 heavy (non-hydrogen) atoms. The number of piperidine rings is 1. The van der Waals surface area contributed by atoms with Crippen LogP contribution in [0.1, 0.15) is 42.0 Å². The monoisotopic (exact) mass is 376 g/mol. The highest BCUT2D eigenvalue weighted by Gasteiger charge is 2.44. The quantitative estimate of drug-likeness (QED) is 0.606. The Kier molecular flexibility index (Phi) is 5.24. The van der Waals surface area contributed by atoms with Crippen LogP contribution in [0.15, 0.2) is 59.6 Å². The van der Waals surface area contributed by atoms with Crippen LogP contribution in [-0.2, 0) is 27.4 Å². The minimum Gasteiger partial charge on any atom is -0.459 e. The van der Waals surface area contributed by atoms with Crippen LogP contribution in [-0.4, -0.2) is 35.6 Å². The van der Waals surface area contributed by atoms with Crippen molar-refractivity contribution in [2.45, 2.75) is 50.4 Å². The molecular formula is C23H24N2O3. The average molecular weight is 376 g/mol. The highest BCUT2D eigenvalue weighted by molar-refractivity contribution is 5.89. The standard InChI is InChI=1S/C23H24N2O3/c1-24-19-14-17-10-5-6-11-18(17)20-12-7-13-21(25(20)22(19)26)23(27)28-15-16-8-3-2-4-9-16/h2-6,8-11,19-21H,1,7,12-15H2/t19-,20-,21-/m0/s1. The van der Waals surface area contributed by atoms with Crippen molar-refractivity contribution >= 4 is 18.6 Å². The molecule has 0 N–H and O–H groups in total. The number of amides is 1. The molecule has 1 fully saturated rings. The lowest BCUT2D eigenvalue weighted by Gasteiger charge is -2.41. The number of hydrogen-bond acceptors (Lipinski definition) is 4. The second-order valence-corrected chi connectivity index (χ2v) is 7.40. The molecule has 4 rings (SSSR count). The molecule has 0 unspecified atom stereocenters. The lowest BCUT2D eigenvalue weighted by Crippen LogP contribution is -2.52. The van der Waals surface area contributed by atoms with Gasteiger partial charge >= 0.3 is 5.97 Å². The summed E-state index contributed by atoms with van der Waals surface area (Å²) in [6.07, 6.45) is 2.86. The number of aliphatic imine (C=N–C) groups is 1. The summed E-state index contributed by atoms with van der Waals surface area (Å²) in [5, 5.41) is 0. The molecular weight excluding hydrogens is 352 g/mol. The van der Waals surface area contributed by atoms with Crippen molar-refractivity contribution in [3.05, 3.63) is 71.3 Å². The van der Waals surface area contributed by atoms with Crippen LogP contribution in [0.4, 0.5) is 0 Å². The van der Waals surface area contributed by atoms with Crippen molar-refractivity contribution in [3.63, 3.8) is 0 Å². The summed E-state index contributed by atoms with van der Waals surface area (Å²) in [6, 6.07) is 16.4. The van der Waals surface area contributed by atoms with Gasteiger partial charge in [0.2, 0.25) is 5.91 Å². The lowest BCUT2D eigenvalue weighted by molar-refractivity contribution is -0.161. The van der Waals surface area contributed by atoms with Crippen LogP contribution in [0.3, 0.4) is 0 Å². The van der Waals surface area contributed by atoms with Gasteiger partial charge in [-0.15, -0.1) is 0 Å². The Hall–Kier alpha value is -2.95. The van der Waals surface area contributed by atoms with Crippen LogP contribution in [0, 0.1) is 0 Å². The third-order valence-corrected chi connectivity index (χ3v) is 5.71. The Morgan fingerprint density at radius 1 is 1.11 bits per heavy atom. The molecule has 0 radical (unpaired) electrons. The summed E-state index contributed by atoms with van der Waals surface area (Å²) in [5.74, 6) is -0.471. The first kappa shape index (κ1) is 18.4. The Morgan fingerprint density at radius 2 is 1.86 bits per heavy atom. The number of benzene rings is 2. The van der Waals surface area contributed by atoms with Crippen molar-refractivity contribution < 1.29 is 14.3 Å². The van der Waals surface area contributed by atoms with E-state index in [0.29, 0.717) is 12.8 Å². The number of fused-ring (bicyclic) bond motifs is 3. The Labute approximate surface area is 165 Å². The molecule has 0 aromatic heterocycles. The fourth-order valence-electron chi connectivity index (χ4n) is 4.32. The fraction of sp³-hybridized carbons (Fsp3) is 0.348. The van der Waals surface area contributed by atoms with Gasteiger partial charge in [-0.3, -0.25) is 9.79 Å². The molecule has 0 bridgehead atoms. The molecule has 0 saturated carbocycles. The molecule has 2 aromatic carbocycles. The van der Waals surface area contributed by atoms with Crippen LogP contribution >= 0.6 is 0 Å². The van der Waals surface area contributed by atoms with Crippen molar-refractivity contribution in [1.82, 2.24) is 4.90 Å². The van der Waals surface area contributed by atoms with Gasteiger partial charge in [0.15, 0.2) is 0 Å². The molecule has 144 valence electrons. The zero-order valence-electron chi connectivity index (χ0n) is 15.8. The molecule has 2 aromatic rings. The number of nitrogens with zero attached hydrogens (tertiary/aromatic N) is 2. The highest BCUT2D eigenvalue weighted by atomic mass is 16.5. The Bertz CT molecular complexity index is 880. The maximum absolute atomic E-state index is 13.3. The van der Waals surface area contributed by atoms with Crippen molar-refractivity contribution in [2.75, 3.05) is 0 Å². The summed E-state index contributed by atoms with van der Waals surface area (Å²) >= 11 is 0. The second kappa shape index (κ2) is 7.97. The smallest absolute Gasteiger partial charge is 0.329 e. The van der Waals surface area contributed by atoms with Gasteiger partial charge in [0.25, 0.3) is 0 Å². The summed E-state index contributed by atoms with van der Waals surface area (Å²) in [7, 11) is 0. The number of esters is 1. The van der Waals surface area contributed by atoms with Crippen molar-refractivity contribution in [2.24, 2.45) is 4.99 Å². The largest absolute Gasteiger partial charge is 0.459 e. The Balaban J connectivity index is 1.61. The molecule has 0 aliphatic carbocycles. The van der Waals surface area contributed by atoms with E-state index in [2.05, 4.69) is 17.8 Å². The maximum Gasteiger partial charge on any atom is 0.329 e. The highest BCUT2D eigenvalue weighted by Crippen LogP contribution is 2.39. The molecule has 5 nitrogen and oxygen atoms in total. The van der Waals surface area contributed by atoms with E-state index in [0.717, 1.165) is 29.5 Å². The van der Waals surface area contributed by atoms with E-state index in [9.17, 15) is 9.59 Å². The van der Waals surface area contributed by atoms with E-state index in [-0.39, 0.29) is 24.5 Å². The number of rotatable bonds is 4. The van der Waals surface area contributed by atoms with Crippen LogP contribution in [0.5, 0.6) is 0 Å². The number of carbonyl (C=O) groups excluding carboxylic acids is 2. The van der Waals surface area contributed by atoms with E-state index < -0.39 is 12.1 Å². The van der Waals surface area contributed by atoms with Gasteiger partial charge in [0.05, 0.1) is 6.04 Å². The molecule has 2 aliphatic rings. The van der Waals surface area contributed by atoms with Gasteiger partial charge in [-0.05, 0) is 42.7 Å². The molecule has 5 heteroatoms. The zero-order chi connectivity index (χ0) is 19.5. The first-order chi connectivity index (χ1) is 13.7. The van der Waals surface area contributed by atoms with E-state index >= 15 is 0 Å². The van der Waals surface area contributed by atoms with Gasteiger partial charge in [-0.1, -0.05) is 54.6 Å². The van der Waals surface area contributed by atoms with E-state index in [4.69, 9.17) is 4.74 Å². The van der Waals surface area contributed by atoms with Crippen LogP contribution in [0.2, 0.25) is 0 Å². The van der Waals surface area contributed by atoms with Crippen molar-refractivity contribution in [1.29, 1.82) is 0 Å². The van der Waals surface area contributed by atoms with Gasteiger partial charge < -0.3 is 9.64 Å². The second-order valence-electron chi connectivity index (χ2n) is 7.40. The Morgan fingerprint density at radius 3 is 2.64 bits per heavy atom. The summed E-state index contributed by atoms with van der Waals surface area (Å²) in [6.45, 7) is 3.83. The van der Waals surface area contributed by atoms with E-state index in [1.807, 2.05) is 48.5 Å². The molecule has 2 aliphatic heterocycles. The molecule has 3 atom stereocenters. The minimum atomic E-state index is -0.578. The van der Waals surface area contributed by atoms with Crippen molar-refractivity contribution in [3.8, 4) is 0 Å². The summed E-state index contributed by atoms with van der Waals surface area (Å²) < 4.78 is 5.58. The minimum absolute atomic E-state index is 0.113. The molecule has 2 heterocycles. The fourth-order valence-corrected chi connectivity index (χ4v) is 4.32. The molecule has 1 amide bonds. The predicted octanol–water partition coefficient (Wildman–Crippen LogP) is 3.48. The van der Waals surface area contributed by atoms with Gasteiger partial charge in [0.1, 0.15) is 18.7 Å². The first-order valence-electron chi connectivity index (χ1n) is 9.75. The zero-order valence-corrected chi connectivity index (χ0v) is 15.8. The lowest BCUT2D eigenvalue weighted by atomic mass is 9.89. The van der Waals surface area contributed by atoms with Gasteiger partial charge in [0, 0.05) is 6.42 Å². The SMILES string of the molecule is C=N[C@H]1Cc2ccccc2[C@@H]2CCC[C@@H](C(=O)OCc3ccccc3)N2C1=O. The van der Waals surface area contributed by atoms with E-state index in [1.54, 1.807) is 4.90 Å². The van der Waals surface area contributed by atoms with Crippen LogP contribution in [0.25, 0.3) is 0 Å². The van der Waals surface area contributed by atoms with E-state index in [1.165, 1.54) is 0 Å². The number of ether oxygens (including phenoxy) is 1. The molecule has 1 saturated heterocycles. The summed E-state index contributed by atoms with van der Waals surface area (Å²) in [4.78, 5) is 32.0. The molecule has 0 spiro atoms. The normalized spacial score (nSPS) is 23.9. The maximum atomic E-state index is 13.3. The average Bonchev–Trinajstić information content (AvgIpc) is 2.87. The predicted molar refractivity (Wildman–Crippen MR) is 107 cm³/mol.